The quantitative estimate of drug-likeness (QED) is 0.368. The highest BCUT2D eigenvalue weighted by atomic mass is 35.5. The molecule has 1 aliphatic heterocycles. The van der Waals surface area contributed by atoms with Crippen LogP contribution in [-0.2, 0) is 4.79 Å². The van der Waals surface area contributed by atoms with Crippen LogP contribution < -0.4 is 5.48 Å². The van der Waals surface area contributed by atoms with Gasteiger partial charge < -0.3 is 5.11 Å². The zero-order valence-corrected chi connectivity index (χ0v) is 16.7. The average Bonchev–Trinajstić information content (AvgIpc) is 3.16. The summed E-state index contributed by atoms with van der Waals surface area (Å²) in [5, 5.41) is 20.1. The van der Waals surface area contributed by atoms with Gasteiger partial charge in [-0.25, -0.2) is 5.48 Å². The molecule has 1 heterocycles. The number of benzene rings is 2. The maximum atomic E-state index is 11.1. The van der Waals surface area contributed by atoms with Gasteiger partial charge in [-0.05, 0) is 54.3 Å². The first-order chi connectivity index (χ1) is 13.5. The summed E-state index contributed by atoms with van der Waals surface area (Å²) in [6, 6.07) is 13.4. The van der Waals surface area contributed by atoms with Gasteiger partial charge in [0.25, 0.3) is 5.91 Å². The number of nitrogens with zero attached hydrogens (tertiary/aromatic N) is 1. The fourth-order valence-electron chi connectivity index (χ4n) is 3.51. The van der Waals surface area contributed by atoms with Crippen LogP contribution in [0.15, 0.2) is 48.5 Å². The second-order valence-corrected chi connectivity index (χ2v) is 7.63. The number of hydroxylamine groups is 1. The zero-order chi connectivity index (χ0) is 20.1. The number of nitrogens with one attached hydrogen (secondary N) is 1. The highest BCUT2D eigenvalue weighted by Crippen LogP contribution is 2.34. The van der Waals surface area contributed by atoms with Crippen LogP contribution in [-0.4, -0.2) is 34.2 Å². The third-order valence-electron chi connectivity index (χ3n) is 4.96. The molecule has 2 aromatic carbocycles. The normalized spacial score (nSPS) is 18.5. The lowest BCUT2D eigenvalue weighted by Crippen LogP contribution is -2.28. The molecular formula is C21H22Cl2N2O3. The summed E-state index contributed by atoms with van der Waals surface area (Å²) >= 11 is 12.0. The van der Waals surface area contributed by atoms with Gasteiger partial charge in [0.1, 0.15) is 0 Å². The van der Waals surface area contributed by atoms with Gasteiger partial charge in [0, 0.05) is 18.7 Å². The molecule has 0 bridgehead atoms. The third-order valence-corrected chi connectivity index (χ3v) is 5.70. The maximum Gasteiger partial charge on any atom is 0.267 e. The smallest absolute Gasteiger partial charge is 0.267 e. The molecule has 0 aliphatic carbocycles. The molecular weight excluding hydrogens is 399 g/mol. The number of aliphatic hydroxyl groups excluding tert-OH is 1. The molecule has 5 nitrogen and oxygen atoms in total. The molecule has 1 saturated heterocycles. The summed E-state index contributed by atoms with van der Waals surface area (Å²) in [4.78, 5) is 13.3. The van der Waals surface area contributed by atoms with Crippen molar-refractivity contribution in [1.29, 1.82) is 0 Å². The molecule has 1 aliphatic rings. The van der Waals surface area contributed by atoms with Crippen LogP contribution in [0.25, 0.3) is 6.08 Å². The van der Waals surface area contributed by atoms with E-state index in [1.807, 2.05) is 24.3 Å². The van der Waals surface area contributed by atoms with Crippen LogP contribution in [0.3, 0.4) is 0 Å². The summed E-state index contributed by atoms with van der Waals surface area (Å²) in [5.74, 6) is -0.567. The largest absolute Gasteiger partial charge is 0.387 e. The van der Waals surface area contributed by atoms with Gasteiger partial charge in [-0.1, -0.05) is 53.5 Å². The van der Waals surface area contributed by atoms with E-state index in [2.05, 4.69) is 4.90 Å². The zero-order valence-electron chi connectivity index (χ0n) is 15.2. The third kappa shape index (κ3) is 5.13. The van der Waals surface area contributed by atoms with Crippen molar-refractivity contribution < 1.29 is 15.1 Å². The van der Waals surface area contributed by atoms with E-state index < -0.39 is 12.0 Å². The highest BCUT2D eigenvalue weighted by Gasteiger charge is 2.28. The van der Waals surface area contributed by atoms with Crippen molar-refractivity contribution in [3.05, 3.63) is 75.3 Å². The van der Waals surface area contributed by atoms with E-state index in [1.54, 1.807) is 29.8 Å². The van der Waals surface area contributed by atoms with Crippen LogP contribution in [0, 0.1) is 0 Å². The molecule has 3 N–H and O–H groups in total. The van der Waals surface area contributed by atoms with E-state index in [-0.39, 0.29) is 6.04 Å². The first kappa shape index (κ1) is 20.8. The number of carbonyl (C=O) groups is 1. The van der Waals surface area contributed by atoms with E-state index >= 15 is 0 Å². The number of β-amino-alcohol motifs (C(OH)–C–C–N with tert-alkyl or cyclic N) is 1. The molecule has 0 aromatic heterocycles. The number of rotatable bonds is 6. The fraction of sp³-hybridized carbons (Fsp3) is 0.286. The van der Waals surface area contributed by atoms with Gasteiger partial charge in [-0.3, -0.25) is 14.9 Å². The monoisotopic (exact) mass is 420 g/mol. The van der Waals surface area contributed by atoms with Crippen LogP contribution in [0.1, 0.15) is 41.7 Å². The van der Waals surface area contributed by atoms with Gasteiger partial charge in [-0.2, -0.15) is 0 Å². The lowest BCUT2D eigenvalue weighted by atomic mass is 10.0. The summed E-state index contributed by atoms with van der Waals surface area (Å²) in [6.45, 7) is 1.43. The number of amides is 1. The number of halogens is 2. The van der Waals surface area contributed by atoms with Crippen molar-refractivity contribution in [1.82, 2.24) is 10.4 Å². The van der Waals surface area contributed by atoms with E-state index in [9.17, 15) is 9.90 Å². The fourth-order valence-corrected chi connectivity index (χ4v) is 3.81. The van der Waals surface area contributed by atoms with Gasteiger partial charge in [0.2, 0.25) is 0 Å². The van der Waals surface area contributed by atoms with Gasteiger partial charge in [0.15, 0.2) is 0 Å². The van der Waals surface area contributed by atoms with Gasteiger partial charge in [-0.15, -0.1) is 0 Å². The second-order valence-electron chi connectivity index (χ2n) is 6.82. The Morgan fingerprint density at radius 2 is 1.96 bits per heavy atom. The molecule has 0 saturated carbocycles. The summed E-state index contributed by atoms with van der Waals surface area (Å²) in [6.07, 6.45) is 4.35. The van der Waals surface area contributed by atoms with Crippen molar-refractivity contribution in [3.8, 4) is 0 Å². The van der Waals surface area contributed by atoms with Crippen molar-refractivity contribution >= 4 is 35.2 Å². The lowest BCUT2D eigenvalue weighted by molar-refractivity contribution is -0.124. The Kier molecular flexibility index (Phi) is 7.10. The van der Waals surface area contributed by atoms with Crippen molar-refractivity contribution in [2.45, 2.75) is 25.0 Å². The molecule has 7 heteroatoms. The first-order valence-corrected chi connectivity index (χ1v) is 9.82. The minimum atomic E-state index is -0.644. The van der Waals surface area contributed by atoms with Crippen molar-refractivity contribution in [2.75, 3.05) is 13.1 Å². The van der Waals surface area contributed by atoms with E-state index in [1.165, 1.54) is 11.6 Å². The molecule has 1 amide bonds. The Morgan fingerprint density at radius 1 is 1.21 bits per heavy atom. The minimum absolute atomic E-state index is 0.233. The van der Waals surface area contributed by atoms with E-state index in [0.29, 0.717) is 16.6 Å². The Bertz CT molecular complexity index is 855. The van der Waals surface area contributed by atoms with Gasteiger partial charge in [0.05, 0.1) is 16.1 Å². The van der Waals surface area contributed by atoms with Crippen LogP contribution in [0.5, 0.6) is 0 Å². The van der Waals surface area contributed by atoms with E-state index in [4.69, 9.17) is 28.4 Å². The molecule has 2 aromatic rings. The van der Waals surface area contributed by atoms with Crippen LogP contribution in [0.4, 0.5) is 0 Å². The summed E-state index contributed by atoms with van der Waals surface area (Å²) in [7, 11) is 0. The number of likely N-dealkylation sites (tertiary alicyclic amines) is 1. The van der Waals surface area contributed by atoms with Crippen molar-refractivity contribution in [3.63, 3.8) is 0 Å². The highest BCUT2D eigenvalue weighted by molar-refractivity contribution is 6.42. The number of carbonyl (C=O) groups excluding carboxylic acids is 1. The molecule has 28 heavy (non-hydrogen) atoms. The molecule has 0 radical (unpaired) electrons. The standard InChI is InChI=1S/C21H22Cl2N2O3/c22-17-9-8-16(12-18(17)23)20(26)13-25-11-1-2-19(25)15-6-3-14(4-7-15)5-10-21(27)24-28/h3-10,12,19-20,26,28H,1-2,11,13H2,(H,24,27). The predicted molar refractivity (Wildman–Crippen MR) is 110 cm³/mol. The van der Waals surface area contributed by atoms with Crippen LogP contribution >= 0.6 is 23.2 Å². The van der Waals surface area contributed by atoms with Crippen LogP contribution in [0.2, 0.25) is 10.0 Å². The van der Waals surface area contributed by atoms with E-state index in [0.717, 1.165) is 30.5 Å². The molecule has 3 rings (SSSR count). The number of hydrogen-bond acceptors (Lipinski definition) is 4. The average molecular weight is 421 g/mol. The number of hydrogen-bond donors (Lipinski definition) is 3. The summed E-state index contributed by atoms with van der Waals surface area (Å²) in [5.41, 5.74) is 4.35. The Balaban J connectivity index is 1.67. The Morgan fingerprint density at radius 3 is 2.64 bits per heavy atom. The van der Waals surface area contributed by atoms with Gasteiger partial charge >= 0.3 is 0 Å². The maximum absolute atomic E-state index is 11.1. The number of aliphatic hydroxyl groups is 1. The first-order valence-electron chi connectivity index (χ1n) is 9.07. The lowest BCUT2D eigenvalue weighted by Gasteiger charge is -2.27. The summed E-state index contributed by atoms with van der Waals surface area (Å²) < 4.78 is 0. The SMILES string of the molecule is O=C(C=Cc1ccc(C2CCCN2CC(O)c2ccc(Cl)c(Cl)c2)cc1)NO. The molecule has 2 unspecified atom stereocenters. The Hall–Kier alpha value is -1.89. The predicted octanol–water partition coefficient (Wildman–Crippen LogP) is 4.38. The topological polar surface area (TPSA) is 72.8 Å². The molecule has 2 atom stereocenters. The molecule has 0 spiro atoms. The molecule has 1 fully saturated rings. The molecule has 148 valence electrons. The minimum Gasteiger partial charge on any atom is -0.387 e. The Labute approximate surface area is 174 Å². The van der Waals surface area contributed by atoms with Crippen molar-refractivity contribution in [2.24, 2.45) is 0 Å². The second kappa shape index (κ2) is 9.54.